The summed E-state index contributed by atoms with van der Waals surface area (Å²) >= 11 is 0. The molecule has 1 aliphatic rings. The highest BCUT2D eigenvalue weighted by Crippen LogP contribution is 2.29. The number of carbonyl (C=O) groups excluding carboxylic acids is 1. The largest absolute Gasteiger partial charge is 0.489 e. The average Bonchev–Trinajstić information content (AvgIpc) is 2.61. The van der Waals surface area contributed by atoms with Crippen molar-refractivity contribution in [2.24, 2.45) is 0 Å². The Morgan fingerprint density at radius 3 is 2.48 bits per heavy atom. The van der Waals surface area contributed by atoms with Crippen molar-refractivity contribution < 1.29 is 14.3 Å². The van der Waals surface area contributed by atoms with Gasteiger partial charge in [-0.3, -0.25) is 0 Å². The molecule has 1 saturated heterocycles. The minimum atomic E-state index is -0.187. The molecule has 1 amide bonds. The third-order valence-electron chi connectivity index (χ3n) is 4.46. The Morgan fingerprint density at radius 2 is 1.80 bits per heavy atom. The maximum absolute atomic E-state index is 11.8. The normalized spacial score (nSPS) is 14.0. The van der Waals surface area contributed by atoms with Crippen LogP contribution in [-0.2, 0) is 11.3 Å². The number of rotatable bonds is 7. The van der Waals surface area contributed by atoms with Gasteiger partial charge in [-0.15, -0.1) is 0 Å². The molecular formula is C21H25NO3. The fraction of sp³-hybridized carbons (Fsp3) is 0.381. The van der Waals surface area contributed by atoms with Crippen LogP contribution in [0.4, 0.5) is 4.79 Å². The van der Waals surface area contributed by atoms with E-state index < -0.39 is 0 Å². The quantitative estimate of drug-likeness (QED) is 0.692. The second-order valence-electron chi connectivity index (χ2n) is 6.41. The smallest absolute Gasteiger partial charge is 0.409 e. The van der Waals surface area contributed by atoms with Gasteiger partial charge in [-0.1, -0.05) is 55.8 Å². The summed E-state index contributed by atoms with van der Waals surface area (Å²) in [6.45, 7) is 4.63. The Hall–Kier alpha value is -2.49. The molecule has 0 bridgehead atoms. The number of benzene rings is 2. The Balaban J connectivity index is 1.43. The second-order valence-corrected chi connectivity index (χ2v) is 6.41. The number of hydrogen-bond acceptors (Lipinski definition) is 3. The Morgan fingerprint density at radius 1 is 1.08 bits per heavy atom. The molecule has 0 aromatic heterocycles. The van der Waals surface area contributed by atoms with Gasteiger partial charge in [-0.05, 0) is 29.7 Å². The SMILES string of the molecule is CCCCOC(=O)N1CC(c2ccc(OCc3ccccc3)cc2)C1. The van der Waals surface area contributed by atoms with Gasteiger partial charge in [0.2, 0.25) is 0 Å². The van der Waals surface area contributed by atoms with Gasteiger partial charge in [0.1, 0.15) is 12.4 Å². The van der Waals surface area contributed by atoms with Crippen LogP contribution in [0.3, 0.4) is 0 Å². The minimum Gasteiger partial charge on any atom is -0.489 e. The summed E-state index contributed by atoms with van der Waals surface area (Å²) in [5.74, 6) is 1.25. The molecule has 132 valence electrons. The molecule has 1 aliphatic heterocycles. The van der Waals surface area contributed by atoms with E-state index in [9.17, 15) is 4.79 Å². The lowest BCUT2D eigenvalue weighted by atomic mass is 9.92. The van der Waals surface area contributed by atoms with Crippen molar-refractivity contribution in [3.8, 4) is 5.75 Å². The van der Waals surface area contributed by atoms with Gasteiger partial charge in [-0.25, -0.2) is 4.79 Å². The number of carbonyl (C=O) groups is 1. The monoisotopic (exact) mass is 339 g/mol. The first kappa shape index (κ1) is 17.3. The zero-order valence-corrected chi connectivity index (χ0v) is 14.7. The van der Waals surface area contributed by atoms with Crippen LogP contribution < -0.4 is 4.74 Å². The van der Waals surface area contributed by atoms with Crippen molar-refractivity contribution in [3.05, 3.63) is 65.7 Å². The molecule has 4 heteroatoms. The summed E-state index contributed by atoms with van der Waals surface area (Å²) in [4.78, 5) is 13.6. The van der Waals surface area contributed by atoms with Crippen molar-refractivity contribution in [2.45, 2.75) is 32.3 Å². The fourth-order valence-electron chi connectivity index (χ4n) is 2.81. The number of likely N-dealkylation sites (tertiary alicyclic amines) is 1. The van der Waals surface area contributed by atoms with Crippen LogP contribution >= 0.6 is 0 Å². The maximum Gasteiger partial charge on any atom is 0.409 e. The molecule has 0 saturated carbocycles. The van der Waals surface area contributed by atoms with Crippen LogP contribution in [0, 0.1) is 0 Å². The summed E-state index contributed by atoms with van der Waals surface area (Å²) in [5.41, 5.74) is 2.40. The van der Waals surface area contributed by atoms with E-state index in [1.54, 1.807) is 4.90 Å². The minimum absolute atomic E-state index is 0.187. The van der Waals surface area contributed by atoms with Crippen molar-refractivity contribution in [2.75, 3.05) is 19.7 Å². The summed E-state index contributed by atoms with van der Waals surface area (Å²) in [7, 11) is 0. The van der Waals surface area contributed by atoms with Crippen LogP contribution in [0.1, 0.15) is 36.8 Å². The first-order valence-electron chi connectivity index (χ1n) is 8.94. The topological polar surface area (TPSA) is 38.8 Å². The van der Waals surface area contributed by atoms with E-state index in [0.717, 1.165) is 37.2 Å². The van der Waals surface area contributed by atoms with Gasteiger partial charge < -0.3 is 14.4 Å². The predicted molar refractivity (Wildman–Crippen MR) is 97.8 cm³/mol. The van der Waals surface area contributed by atoms with Gasteiger partial charge in [0.25, 0.3) is 0 Å². The molecule has 1 heterocycles. The number of unbranched alkanes of at least 4 members (excludes halogenated alkanes) is 1. The summed E-state index contributed by atoms with van der Waals surface area (Å²) < 4.78 is 11.0. The molecule has 0 unspecified atom stereocenters. The lowest BCUT2D eigenvalue weighted by Gasteiger charge is -2.38. The highest BCUT2D eigenvalue weighted by molar-refractivity contribution is 5.69. The Labute approximate surface area is 149 Å². The molecule has 0 spiro atoms. The summed E-state index contributed by atoms with van der Waals surface area (Å²) in [5, 5.41) is 0. The van der Waals surface area contributed by atoms with E-state index in [0.29, 0.717) is 19.1 Å². The van der Waals surface area contributed by atoms with E-state index in [-0.39, 0.29) is 6.09 Å². The molecule has 0 atom stereocenters. The van der Waals surface area contributed by atoms with Crippen molar-refractivity contribution in [1.29, 1.82) is 0 Å². The lowest BCUT2D eigenvalue weighted by molar-refractivity contribution is 0.0705. The number of amides is 1. The number of ether oxygens (including phenoxy) is 2. The van der Waals surface area contributed by atoms with Gasteiger partial charge in [0.05, 0.1) is 6.61 Å². The van der Waals surface area contributed by atoms with Crippen molar-refractivity contribution in [3.63, 3.8) is 0 Å². The molecule has 2 aromatic rings. The van der Waals surface area contributed by atoms with Crippen LogP contribution in [0.5, 0.6) is 5.75 Å². The van der Waals surface area contributed by atoms with E-state index in [1.165, 1.54) is 5.56 Å². The average molecular weight is 339 g/mol. The molecule has 0 N–H and O–H groups in total. The van der Waals surface area contributed by atoms with E-state index in [1.807, 2.05) is 30.3 Å². The van der Waals surface area contributed by atoms with Gasteiger partial charge in [0, 0.05) is 19.0 Å². The summed E-state index contributed by atoms with van der Waals surface area (Å²) in [6, 6.07) is 18.3. The molecule has 2 aromatic carbocycles. The Bertz CT molecular complexity index is 663. The first-order chi connectivity index (χ1) is 12.3. The van der Waals surface area contributed by atoms with Crippen LogP contribution in [0.2, 0.25) is 0 Å². The number of hydrogen-bond donors (Lipinski definition) is 0. The first-order valence-corrected chi connectivity index (χ1v) is 8.94. The molecule has 0 aliphatic carbocycles. The van der Waals surface area contributed by atoms with Gasteiger partial charge >= 0.3 is 6.09 Å². The molecule has 1 fully saturated rings. The van der Waals surface area contributed by atoms with Crippen molar-refractivity contribution in [1.82, 2.24) is 4.90 Å². The van der Waals surface area contributed by atoms with Gasteiger partial charge in [0.15, 0.2) is 0 Å². The zero-order chi connectivity index (χ0) is 17.5. The molecule has 4 nitrogen and oxygen atoms in total. The van der Waals surface area contributed by atoms with Crippen LogP contribution in [0.25, 0.3) is 0 Å². The second kappa shape index (κ2) is 8.56. The van der Waals surface area contributed by atoms with E-state index >= 15 is 0 Å². The summed E-state index contributed by atoms with van der Waals surface area (Å²) in [6.07, 6.45) is 1.77. The van der Waals surface area contributed by atoms with Crippen LogP contribution in [0.15, 0.2) is 54.6 Å². The fourth-order valence-corrected chi connectivity index (χ4v) is 2.81. The molecule has 25 heavy (non-hydrogen) atoms. The maximum atomic E-state index is 11.8. The van der Waals surface area contributed by atoms with E-state index in [4.69, 9.17) is 9.47 Å². The zero-order valence-electron chi connectivity index (χ0n) is 14.7. The molecular weight excluding hydrogens is 314 g/mol. The van der Waals surface area contributed by atoms with E-state index in [2.05, 4.69) is 31.2 Å². The predicted octanol–water partition coefficient (Wildman–Crippen LogP) is 4.60. The third-order valence-corrected chi connectivity index (χ3v) is 4.46. The molecule has 3 rings (SSSR count). The van der Waals surface area contributed by atoms with Crippen molar-refractivity contribution >= 4 is 6.09 Å². The standard InChI is InChI=1S/C21H25NO3/c1-2-3-13-24-21(23)22-14-19(15-22)18-9-11-20(12-10-18)25-16-17-7-5-4-6-8-17/h4-12,19H,2-3,13-16H2,1H3. The highest BCUT2D eigenvalue weighted by atomic mass is 16.6. The van der Waals surface area contributed by atoms with Crippen LogP contribution in [-0.4, -0.2) is 30.7 Å². The van der Waals surface area contributed by atoms with Gasteiger partial charge in [-0.2, -0.15) is 0 Å². The number of nitrogens with zero attached hydrogens (tertiary/aromatic N) is 1. The lowest BCUT2D eigenvalue weighted by Crippen LogP contribution is -2.48. The highest BCUT2D eigenvalue weighted by Gasteiger charge is 2.32. The Kier molecular flexibility index (Phi) is 5.94. The molecule has 0 radical (unpaired) electrons. The third kappa shape index (κ3) is 4.75.